The smallest absolute Gasteiger partial charge is 0.238 e. The monoisotopic (exact) mass is 336 g/mol. The lowest BCUT2D eigenvalue weighted by molar-refractivity contribution is 0.0848. The number of hydrogen-bond donors (Lipinski definition) is 3. The third kappa shape index (κ3) is 4.80. The number of nitrogens with one attached hydrogen (secondary N) is 1. The third-order valence-electron chi connectivity index (χ3n) is 3.45. The highest BCUT2D eigenvalue weighted by atomic mass is 32.1. The summed E-state index contributed by atoms with van der Waals surface area (Å²) in [5.41, 5.74) is 7.15. The van der Waals surface area contributed by atoms with Crippen molar-refractivity contribution in [2.75, 3.05) is 18.9 Å². The molecule has 4 N–H and O–H groups in total. The maximum absolute atomic E-state index is 9.67. The number of hydrogen-bond acceptors (Lipinski definition) is 5. The van der Waals surface area contributed by atoms with E-state index in [-0.39, 0.29) is 6.61 Å². The Morgan fingerprint density at radius 3 is 2.91 bits per heavy atom. The molecule has 7 heteroatoms. The highest BCUT2D eigenvalue weighted by molar-refractivity contribution is 7.80. The Labute approximate surface area is 142 Å². The number of aromatic nitrogens is 2. The minimum absolute atomic E-state index is 0.196. The van der Waals surface area contributed by atoms with Crippen LogP contribution in [0.1, 0.15) is 32.3 Å². The molecular weight excluding hydrogens is 312 g/mol. The van der Waals surface area contributed by atoms with Crippen molar-refractivity contribution in [1.29, 1.82) is 0 Å². The molecule has 0 amide bonds. The second-order valence-corrected chi connectivity index (χ2v) is 6.72. The molecule has 2 rings (SSSR count). The van der Waals surface area contributed by atoms with Crippen molar-refractivity contribution in [2.24, 2.45) is 0 Å². The molecule has 126 valence electrons. The number of nitrogen functional groups attached to an aromatic ring is 1. The molecule has 0 aliphatic heterocycles. The molecule has 0 radical (unpaired) electrons. The first-order valence-electron chi connectivity index (χ1n) is 7.61. The molecule has 0 saturated carbocycles. The van der Waals surface area contributed by atoms with Crippen LogP contribution in [0.2, 0.25) is 0 Å². The number of anilines is 1. The summed E-state index contributed by atoms with van der Waals surface area (Å²) in [6.07, 6.45) is 8.00. The molecule has 0 aromatic carbocycles. The van der Waals surface area contributed by atoms with Crippen LogP contribution in [-0.2, 0) is 0 Å². The summed E-state index contributed by atoms with van der Waals surface area (Å²) in [6, 6.07) is 0. The van der Waals surface area contributed by atoms with Gasteiger partial charge in [-0.15, -0.1) is 5.10 Å². The first-order chi connectivity index (χ1) is 10.8. The van der Waals surface area contributed by atoms with Crippen molar-refractivity contribution >= 4 is 28.7 Å². The summed E-state index contributed by atoms with van der Waals surface area (Å²) in [5, 5.41) is 17.1. The van der Waals surface area contributed by atoms with E-state index in [0.29, 0.717) is 23.2 Å². The van der Waals surface area contributed by atoms with Crippen molar-refractivity contribution in [3.8, 4) is 5.88 Å². The molecule has 1 aliphatic rings. The average molecular weight is 336 g/mol. The summed E-state index contributed by atoms with van der Waals surface area (Å²) >= 11 is 5.20. The fraction of sp³-hybridized carbons (Fsp3) is 0.500. The van der Waals surface area contributed by atoms with E-state index < -0.39 is 5.60 Å². The van der Waals surface area contributed by atoms with Gasteiger partial charge in [-0.3, -0.25) is 0 Å². The van der Waals surface area contributed by atoms with Crippen LogP contribution in [0.25, 0.3) is 5.70 Å². The molecule has 0 spiro atoms. The Kier molecular flexibility index (Phi) is 5.43. The van der Waals surface area contributed by atoms with E-state index in [1.54, 1.807) is 18.5 Å². The highest BCUT2D eigenvalue weighted by Crippen LogP contribution is 2.28. The van der Waals surface area contributed by atoms with Crippen LogP contribution in [0.4, 0.5) is 5.82 Å². The molecule has 23 heavy (non-hydrogen) atoms. The molecule has 0 bridgehead atoms. The predicted octanol–water partition coefficient (Wildman–Crippen LogP) is 2.03. The molecule has 1 aromatic rings. The topological polar surface area (TPSA) is 85.3 Å². The van der Waals surface area contributed by atoms with Crippen molar-refractivity contribution in [3.05, 3.63) is 23.8 Å². The van der Waals surface area contributed by atoms with E-state index in [1.165, 1.54) is 0 Å². The first-order valence-corrected chi connectivity index (χ1v) is 8.02. The van der Waals surface area contributed by atoms with E-state index in [2.05, 4.69) is 16.5 Å². The zero-order chi connectivity index (χ0) is 17.0. The average Bonchev–Trinajstić information content (AvgIpc) is 2.79. The van der Waals surface area contributed by atoms with Crippen LogP contribution in [-0.4, -0.2) is 38.6 Å². The molecule has 0 unspecified atom stereocenters. The minimum atomic E-state index is -0.826. The van der Waals surface area contributed by atoms with E-state index in [4.69, 9.17) is 22.7 Å². The van der Waals surface area contributed by atoms with Crippen molar-refractivity contribution in [1.82, 2.24) is 15.1 Å². The Hall–Kier alpha value is -1.86. The molecule has 1 aliphatic carbocycles. The SMILES string of the molecule is Cc1c(OCC(=S)NCC(C)(C)O)nn(C2=CC=CCC2)c1N. The normalized spacial score (nSPS) is 14.5. The Balaban J connectivity index is 2.00. The van der Waals surface area contributed by atoms with Gasteiger partial charge in [0.05, 0.1) is 11.2 Å². The van der Waals surface area contributed by atoms with Gasteiger partial charge < -0.3 is 20.9 Å². The molecule has 6 nitrogen and oxygen atoms in total. The van der Waals surface area contributed by atoms with Gasteiger partial charge in [0.1, 0.15) is 17.4 Å². The van der Waals surface area contributed by atoms with Crippen LogP contribution in [0.15, 0.2) is 18.2 Å². The van der Waals surface area contributed by atoms with Gasteiger partial charge in [-0.25, -0.2) is 4.68 Å². The third-order valence-corrected chi connectivity index (χ3v) is 3.71. The van der Waals surface area contributed by atoms with Crippen LogP contribution in [0, 0.1) is 6.92 Å². The quantitative estimate of drug-likeness (QED) is 0.689. The first kappa shape index (κ1) is 17.5. The number of allylic oxidation sites excluding steroid dienone is 4. The Morgan fingerprint density at radius 1 is 1.57 bits per heavy atom. The van der Waals surface area contributed by atoms with Crippen LogP contribution >= 0.6 is 12.2 Å². The van der Waals surface area contributed by atoms with Gasteiger partial charge in [-0.05, 0) is 39.7 Å². The number of ether oxygens (including phenoxy) is 1. The molecule has 1 heterocycles. The summed E-state index contributed by atoms with van der Waals surface area (Å²) in [7, 11) is 0. The Morgan fingerprint density at radius 2 is 2.30 bits per heavy atom. The van der Waals surface area contributed by atoms with Crippen LogP contribution in [0.5, 0.6) is 5.88 Å². The zero-order valence-corrected chi connectivity index (χ0v) is 14.6. The van der Waals surface area contributed by atoms with Crippen molar-refractivity contribution < 1.29 is 9.84 Å². The molecule has 1 aromatic heterocycles. The number of thiocarbonyl (C=S) groups is 1. The van der Waals surface area contributed by atoms with Crippen molar-refractivity contribution in [3.63, 3.8) is 0 Å². The molecule has 0 fully saturated rings. The highest BCUT2D eigenvalue weighted by Gasteiger charge is 2.17. The fourth-order valence-corrected chi connectivity index (χ4v) is 2.24. The Bertz CT molecular complexity index is 641. The number of nitrogens with zero attached hydrogens (tertiary/aromatic N) is 2. The molecule has 0 atom stereocenters. The van der Waals surface area contributed by atoms with E-state index in [0.717, 1.165) is 24.1 Å². The van der Waals surface area contributed by atoms with Gasteiger partial charge in [0.2, 0.25) is 5.88 Å². The summed E-state index contributed by atoms with van der Waals surface area (Å²) < 4.78 is 7.40. The van der Waals surface area contributed by atoms with Crippen LogP contribution in [0.3, 0.4) is 0 Å². The predicted molar refractivity (Wildman–Crippen MR) is 96.4 cm³/mol. The van der Waals surface area contributed by atoms with Gasteiger partial charge in [0.25, 0.3) is 0 Å². The standard InChI is InChI=1S/C16H24N4O2S/c1-11-14(17)20(12-7-5-4-6-8-12)19-15(11)22-9-13(23)18-10-16(2,3)21/h4-5,7,21H,6,8-10,17H2,1-3H3,(H,18,23). The lowest BCUT2D eigenvalue weighted by atomic mass is 10.1. The number of aliphatic hydroxyl groups is 1. The number of rotatable bonds is 6. The lowest BCUT2D eigenvalue weighted by Crippen LogP contribution is -2.39. The maximum atomic E-state index is 9.67. The van der Waals surface area contributed by atoms with E-state index in [1.807, 2.05) is 19.1 Å². The maximum Gasteiger partial charge on any atom is 0.238 e. The van der Waals surface area contributed by atoms with Crippen molar-refractivity contribution in [2.45, 2.75) is 39.2 Å². The largest absolute Gasteiger partial charge is 0.469 e. The van der Waals surface area contributed by atoms with E-state index in [9.17, 15) is 5.11 Å². The van der Waals surface area contributed by atoms with Gasteiger partial charge in [-0.2, -0.15) is 0 Å². The van der Waals surface area contributed by atoms with Gasteiger partial charge in [0.15, 0.2) is 0 Å². The second-order valence-electron chi connectivity index (χ2n) is 6.23. The molecular formula is C16H24N4O2S. The van der Waals surface area contributed by atoms with Gasteiger partial charge in [-0.1, -0.05) is 24.4 Å². The second kappa shape index (κ2) is 7.14. The van der Waals surface area contributed by atoms with E-state index >= 15 is 0 Å². The lowest BCUT2D eigenvalue weighted by Gasteiger charge is -2.18. The summed E-state index contributed by atoms with van der Waals surface area (Å²) in [5.74, 6) is 1.06. The zero-order valence-electron chi connectivity index (χ0n) is 13.8. The number of nitrogens with two attached hydrogens (primary N) is 1. The fourth-order valence-electron chi connectivity index (χ4n) is 2.11. The van der Waals surface area contributed by atoms with Crippen LogP contribution < -0.4 is 15.8 Å². The minimum Gasteiger partial charge on any atom is -0.469 e. The summed E-state index contributed by atoms with van der Waals surface area (Å²) in [6.45, 7) is 5.86. The van der Waals surface area contributed by atoms with Gasteiger partial charge in [0, 0.05) is 12.2 Å². The summed E-state index contributed by atoms with van der Waals surface area (Å²) in [4.78, 5) is 0.513. The molecule has 0 saturated heterocycles. The van der Waals surface area contributed by atoms with Gasteiger partial charge >= 0.3 is 0 Å².